The Morgan fingerprint density at radius 2 is 2.11 bits per heavy atom. The van der Waals surface area contributed by atoms with Gasteiger partial charge < -0.3 is 4.74 Å². The second-order valence-electron chi connectivity index (χ2n) is 5.26. The van der Waals surface area contributed by atoms with E-state index >= 15 is 0 Å². The molecule has 0 spiro atoms. The second kappa shape index (κ2) is 5.17. The van der Waals surface area contributed by atoms with Crippen molar-refractivity contribution in [1.82, 2.24) is 4.57 Å². The van der Waals surface area contributed by atoms with Gasteiger partial charge in [0, 0.05) is 15.6 Å². The summed E-state index contributed by atoms with van der Waals surface area (Å²) in [7, 11) is 0. The van der Waals surface area contributed by atoms with Crippen LogP contribution in [0.2, 0.25) is 0 Å². The van der Waals surface area contributed by atoms with Crippen LogP contribution in [0.4, 0.5) is 4.79 Å². The lowest BCUT2D eigenvalue weighted by atomic mass is 10.2. The van der Waals surface area contributed by atoms with Crippen LogP contribution in [-0.2, 0) is 10.6 Å². The lowest BCUT2D eigenvalue weighted by Gasteiger charge is -2.20. The van der Waals surface area contributed by atoms with Crippen molar-refractivity contribution in [2.45, 2.75) is 32.3 Å². The first-order chi connectivity index (χ1) is 8.83. The zero-order valence-electron chi connectivity index (χ0n) is 11.0. The van der Waals surface area contributed by atoms with Crippen LogP contribution >= 0.6 is 27.5 Å². The average Bonchev–Trinajstić information content (AvgIpc) is 2.66. The summed E-state index contributed by atoms with van der Waals surface area (Å²) >= 11 is 9.40. The number of nitrogens with zero attached hydrogens (tertiary/aromatic N) is 1. The Bertz CT molecular complexity index is 628. The molecule has 1 aromatic heterocycles. The molecule has 0 saturated carbocycles. The van der Waals surface area contributed by atoms with Crippen LogP contribution in [-0.4, -0.2) is 16.3 Å². The minimum Gasteiger partial charge on any atom is -0.443 e. The SMILES string of the molecule is CC(C)(C)OC(=O)n1c(CCl)cc2c(Br)cccc21. The first-order valence-electron chi connectivity index (χ1n) is 5.91. The molecule has 0 unspecified atom stereocenters. The fourth-order valence-electron chi connectivity index (χ4n) is 1.87. The van der Waals surface area contributed by atoms with Gasteiger partial charge in [0.15, 0.2) is 0 Å². The predicted octanol–water partition coefficient (Wildman–Crippen LogP) is 4.93. The Hall–Kier alpha value is -1.00. The van der Waals surface area contributed by atoms with Gasteiger partial charge in [-0.05, 0) is 39.0 Å². The molecule has 5 heteroatoms. The number of fused-ring (bicyclic) bond motifs is 1. The molecule has 0 atom stereocenters. The van der Waals surface area contributed by atoms with E-state index in [-0.39, 0.29) is 5.88 Å². The molecular weight excluding hydrogens is 330 g/mol. The van der Waals surface area contributed by atoms with Crippen molar-refractivity contribution in [3.8, 4) is 0 Å². The highest BCUT2D eigenvalue weighted by Gasteiger charge is 2.22. The summed E-state index contributed by atoms with van der Waals surface area (Å²) in [5, 5.41) is 0.948. The summed E-state index contributed by atoms with van der Waals surface area (Å²) in [6, 6.07) is 7.58. The number of benzene rings is 1. The van der Waals surface area contributed by atoms with Crippen LogP contribution in [0.25, 0.3) is 10.9 Å². The lowest BCUT2D eigenvalue weighted by Crippen LogP contribution is -2.27. The summed E-state index contributed by atoms with van der Waals surface area (Å²) in [6.45, 7) is 5.52. The van der Waals surface area contributed by atoms with Gasteiger partial charge in [-0.1, -0.05) is 22.0 Å². The molecule has 0 aliphatic carbocycles. The molecule has 3 nitrogen and oxygen atoms in total. The third-order valence-electron chi connectivity index (χ3n) is 2.58. The van der Waals surface area contributed by atoms with Crippen LogP contribution in [0.1, 0.15) is 26.5 Å². The van der Waals surface area contributed by atoms with E-state index in [1.54, 1.807) is 0 Å². The van der Waals surface area contributed by atoms with E-state index in [0.29, 0.717) is 0 Å². The van der Waals surface area contributed by atoms with Crippen molar-refractivity contribution in [3.05, 3.63) is 34.4 Å². The molecule has 2 aromatic rings. The van der Waals surface area contributed by atoms with Gasteiger partial charge >= 0.3 is 6.09 Å². The molecule has 1 aromatic carbocycles. The molecule has 0 fully saturated rings. The quantitative estimate of drug-likeness (QED) is 0.687. The van der Waals surface area contributed by atoms with E-state index in [1.807, 2.05) is 45.0 Å². The van der Waals surface area contributed by atoms with E-state index in [1.165, 1.54) is 4.57 Å². The zero-order chi connectivity index (χ0) is 14.2. The van der Waals surface area contributed by atoms with Crippen LogP contribution in [0.5, 0.6) is 0 Å². The predicted molar refractivity (Wildman–Crippen MR) is 80.8 cm³/mol. The summed E-state index contributed by atoms with van der Waals surface area (Å²) in [6.07, 6.45) is -0.406. The summed E-state index contributed by atoms with van der Waals surface area (Å²) in [4.78, 5) is 12.3. The van der Waals surface area contributed by atoms with Gasteiger partial charge in [-0.3, -0.25) is 0 Å². The number of carbonyl (C=O) groups excluding carboxylic acids is 1. The van der Waals surface area contributed by atoms with Gasteiger partial charge in [-0.15, -0.1) is 11.6 Å². The van der Waals surface area contributed by atoms with Crippen LogP contribution in [0.3, 0.4) is 0 Å². The maximum absolute atomic E-state index is 12.3. The molecule has 102 valence electrons. The number of ether oxygens (including phenoxy) is 1. The zero-order valence-corrected chi connectivity index (χ0v) is 13.4. The van der Waals surface area contributed by atoms with Crippen LogP contribution in [0.15, 0.2) is 28.7 Å². The highest BCUT2D eigenvalue weighted by molar-refractivity contribution is 9.10. The maximum atomic E-state index is 12.3. The van der Waals surface area contributed by atoms with E-state index in [9.17, 15) is 4.79 Å². The largest absolute Gasteiger partial charge is 0.443 e. The molecule has 0 aliphatic rings. The molecule has 0 N–H and O–H groups in total. The van der Waals surface area contributed by atoms with E-state index < -0.39 is 11.7 Å². The van der Waals surface area contributed by atoms with Crippen molar-refractivity contribution >= 4 is 44.5 Å². The molecule has 19 heavy (non-hydrogen) atoms. The Morgan fingerprint density at radius 1 is 1.42 bits per heavy atom. The molecule has 0 amide bonds. The van der Waals surface area contributed by atoms with Crippen molar-refractivity contribution in [1.29, 1.82) is 0 Å². The third kappa shape index (κ3) is 2.95. The van der Waals surface area contributed by atoms with Crippen molar-refractivity contribution in [3.63, 3.8) is 0 Å². The maximum Gasteiger partial charge on any atom is 0.419 e. The van der Waals surface area contributed by atoms with Gasteiger partial charge in [0.05, 0.1) is 11.4 Å². The molecule has 0 bridgehead atoms. The number of alkyl halides is 1. The average molecular weight is 345 g/mol. The fraction of sp³-hybridized carbons (Fsp3) is 0.357. The van der Waals surface area contributed by atoms with Crippen molar-refractivity contribution < 1.29 is 9.53 Å². The Morgan fingerprint density at radius 3 is 2.68 bits per heavy atom. The first kappa shape index (κ1) is 14.4. The molecule has 1 heterocycles. The number of rotatable bonds is 1. The smallest absolute Gasteiger partial charge is 0.419 e. The number of hydrogen-bond acceptors (Lipinski definition) is 2. The van der Waals surface area contributed by atoms with Gasteiger partial charge in [0.2, 0.25) is 0 Å². The number of aromatic nitrogens is 1. The monoisotopic (exact) mass is 343 g/mol. The normalized spacial score (nSPS) is 11.8. The van der Waals surface area contributed by atoms with Crippen molar-refractivity contribution in [2.24, 2.45) is 0 Å². The summed E-state index contributed by atoms with van der Waals surface area (Å²) in [5.74, 6) is 0.250. The van der Waals surface area contributed by atoms with E-state index in [2.05, 4.69) is 15.9 Å². The lowest BCUT2D eigenvalue weighted by molar-refractivity contribution is 0.0541. The fourth-order valence-corrected chi connectivity index (χ4v) is 2.54. The van der Waals surface area contributed by atoms with Crippen LogP contribution in [0, 0.1) is 0 Å². The van der Waals surface area contributed by atoms with E-state index in [0.717, 1.165) is 21.1 Å². The standard InChI is InChI=1S/C14H15BrClNO2/c1-14(2,3)19-13(18)17-9(8-16)7-10-11(15)5-4-6-12(10)17/h4-7H,8H2,1-3H3. The Kier molecular flexibility index (Phi) is 3.92. The van der Waals surface area contributed by atoms with Gasteiger partial charge in [-0.2, -0.15) is 0 Å². The number of halogens is 2. The molecule has 0 radical (unpaired) electrons. The summed E-state index contributed by atoms with van der Waals surface area (Å²) < 4.78 is 7.88. The van der Waals surface area contributed by atoms with E-state index in [4.69, 9.17) is 16.3 Å². The molecule has 0 aliphatic heterocycles. The van der Waals surface area contributed by atoms with Gasteiger partial charge in [0.1, 0.15) is 5.60 Å². The van der Waals surface area contributed by atoms with Gasteiger partial charge in [0.25, 0.3) is 0 Å². The first-order valence-corrected chi connectivity index (χ1v) is 7.24. The summed E-state index contributed by atoms with van der Waals surface area (Å²) in [5.41, 5.74) is 0.973. The minimum absolute atomic E-state index is 0.250. The van der Waals surface area contributed by atoms with Crippen molar-refractivity contribution in [2.75, 3.05) is 0 Å². The Balaban J connectivity index is 2.58. The minimum atomic E-state index is -0.538. The number of carbonyl (C=O) groups is 1. The highest BCUT2D eigenvalue weighted by Crippen LogP contribution is 2.28. The molecule has 2 rings (SSSR count). The highest BCUT2D eigenvalue weighted by atomic mass is 79.9. The third-order valence-corrected chi connectivity index (χ3v) is 3.55. The molecular formula is C14H15BrClNO2. The topological polar surface area (TPSA) is 31.2 Å². The van der Waals surface area contributed by atoms with Crippen LogP contribution < -0.4 is 0 Å². The number of hydrogen-bond donors (Lipinski definition) is 0. The molecule has 0 saturated heterocycles. The Labute approximate surface area is 125 Å². The second-order valence-corrected chi connectivity index (χ2v) is 6.38. The van der Waals surface area contributed by atoms with Gasteiger partial charge in [-0.25, -0.2) is 9.36 Å².